The van der Waals surface area contributed by atoms with Gasteiger partial charge in [0.1, 0.15) is 0 Å². The van der Waals surface area contributed by atoms with Gasteiger partial charge in [-0.25, -0.2) is 0 Å². The molecule has 0 bridgehead atoms. The Morgan fingerprint density at radius 1 is 1.43 bits per heavy atom. The van der Waals surface area contributed by atoms with Crippen molar-refractivity contribution in [3.63, 3.8) is 0 Å². The van der Waals surface area contributed by atoms with Crippen LogP contribution in [0.25, 0.3) is 0 Å². The van der Waals surface area contributed by atoms with Gasteiger partial charge < -0.3 is 9.84 Å². The number of carbonyl (C=O) groups excluding carboxylic acids is 1. The minimum Gasteiger partial charge on any atom is -0.355 e. The van der Waals surface area contributed by atoms with Gasteiger partial charge >= 0.3 is 0 Å². The normalized spacial score (nSPS) is 16.7. The number of rotatable bonds is 5. The fraction of sp³-hybridized carbons (Fsp3) is 0.438. The van der Waals surface area contributed by atoms with E-state index in [1.807, 2.05) is 19.1 Å². The van der Waals surface area contributed by atoms with Crippen molar-refractivity contribution < 1.29 is 9.32 Å². The highest BCUT2D eigenvalue weighted by atomic mass is 16.5. The molecule has 3 rings (SSSR count). The van der Waals surface area contributed by atoms with E-state index in [2.05, 4.69) is 27.6 Å². The predicted octanol–water partition coefficient (Wildman–Crippen LogP) is 2.02. The van der Waals surface area contributed by atoms with Gasteiger partial charge in [0.2, 0.25) is 11.8 Å². The van der Waals surface area contributed by atoms with Crippen LogP contribution in [-0.4, -0.2) is 22.6 Å². The molecule has 0 fully saturated rings. The van der Waals surface area contributed by atoms with Crippen LogP contribution < -0.4 is 5.32 Å². The van der Waals surface area contributed by atoms with Gasteiger partial charge in [-0.1, -0.05) is 36.3 Å². The van der Waals surface area contributed by atoms with E-state index in [4.69, 9.17) is 4.52 Å². The third-order valence-corrected chi connectivity index (χ3v) is 3.91. The lowest BCUT2D eigenvalue weighted by Crippen LogP contribution is -2.30. The number of hydrogen-bond donors (Lipinski definition) is 1. The van der Waals surface area contributed by atoms with Gasteiger partial charge in [-0.05, 0) is 24.0 Å². The summed E-state index contributed by atoms with van der Waals surface area (Å²) in [5, 5.41) is 6.82. The number of aromatic nitrogens is 2. The summed E-state index contributed by atoms with van der Waals surface area (Å²) >= 11 is 0. The monoisotopic (exact) mass is 285 g/mol. The fourth-order valence-corrected chi connectivity index (χ4v) is 2.78. The Kier molecular flexibility index (Phi) is 3.99. The highest BCUT2D eigenvalue weighted by Gasteiger charge is 2.27. The molecule has 0 spiro atoms. The standard InChI is InChI=1S/C16H19N3O2/c1-2-14-18-15(21-19-14)9-10-17-16(20)13-8-7-11-5-3-4-6-12(11)13/h3-6,13H,2,7-10H2,1H3,(H,17,20). The van der Waals surface area contributed by atoms with Crippen molar-refractivity contribution in [2.24, 2.45) is 0 Å². The Hall–Kier alpha value is -2.17. The molecule has 5 heteroatoms. The van der Waals surface area contributed by atoms with E-state index in [0.29, 0.717) is 24.7 Å². The summed E-state index contributed by atoms with van der Waals surface area (Å²) in [6.07, 6.45) is 3.21. The number of hydrogen-bond acceptors (Lipinski definition) is 4. The van der Waals surface area contributed by atoms with E-state index >= 15 is 0 Å². The molecule has 0 saturated heterocycles. The van der Waals surface area contributed by atoms with Crippen molar-refractivity contribution >= 4 is 5.91 Å². The maximum atomic E-state index is 12.3. The van der Waals surface area contributed by atoms with Gasteiger partial charge in [0, 0.05) is 19.4 Å². The van der Waals surface area contributed by atoms with Crippen LogP contribution >= 0.6 is 0 Å². The Balaban J connectivity index is 1.53. The molecule has 0 radical (unpaired) electrons. The summed E-state index contributed by atoms with van der Waals surface area (Å²) in [6.45, 7) is 2.51. The molecule has 0 saturated carbocycles. The van der Waals surface area contributed by atoms with Gasteiger partial charge in [0.15, 0.2) is 5.82 Å². The first-order valence-corrected chi connectivity index (χ1v) is 7.45. The van der Waals surface area contributed by atoms with Gasteiger partial charge in [-0.3, -0.25) is 4.79 Å². The van der Waals surface area contributed by atoms with Gasteiger partial charge in [0.05, 0.1) is 5.92 Å². The second-order valence-corrected chi connectivity index (χ2v) is 5.29. The first-order chi connectivity index (χ1) is 10.3. The van der Waals surface area contributed by atoms with Crippen LogP contribution in [0, 0.1) is 0 Å². The lowest BCUT2D eigenvalue weighted by Gasteiger charge is -2.11. The highest BCUT2D eigenvalue weighted by molar-refractivity contribution is 5.84. The highest BCUT2D eigenvalue weighted by Crippen LogP contribution is 2.32. The molecule has 1 atom stereocenters. The molecule has 5 nitrogen and oxygen atoms in total. The average molecular weight is 285 g/mol. The lowest BCUT2D eigenvalue weighted by atomic mass is 10.0. The Labute approximate surface area is 123 Å². The van der Waals surface area contributed by atoms with E-state index in [1.54, 1.807) is 0 Å². The molecule has 1 aliphatic rings. The maximum absolute atomic E-state index is 12.3. The molecular formula is C16H19N3O2. The summed E-state index contributed by atoms with van der Waals surface area (Å²) in [5.41, 5.74) is 2.46. The summed E-state index contributed by atoms with van der Waals surface area (Å²) in [5.74, 6) is 1.37. The number of carbonyl (C=O) groups is 1. The van der Waals surface area contributed by atoms with E-state index in [1.165, 1.54) is 11.1 Å². The molecule has 2 aromatic rings. The van der Waals surface area contributed by atoms with Crippen LogP contribution in [0.1, 0.15) is 42.1 Å². The van der Waals surface area contributed by atoms with Crippen LogP contribution in [0.15, 0.2) is 28.8 Å². The van der Waals surface area contributed by atoms with E-state index in [9.17, 15) is 4.79 Å². The first-order valence-electron chi connectivity index (χ1n) is 7.45. The largest absolute Gasteiger partial charge is 0.355 e. The second kappa shape index (κ2) is 6.08. The zero-order valence-corrected chi connectivity index (χ0v) is 12.1. The van der Waals surface area contributed by atoms with E-state index in [0.717, 1.165) is 19.3 Å². The van der Waals surface area contributed by atoms with E-state index in [-0.39, 0.29) is 11.8 Å². The van der Waals surface area contributed by atoms with Crippen LogP contribution in [0.5, 0.6) is 0 Å². The molecule has 1 amide bonds. The maximum Gasteiger partial charge on any atom is 0.228 e. The van der Waals surface area contributed by atoms with Crippen molar-refractivity contribution in [1.82, 2.24) is 15.5 Å². The van der Waals surface area contributed by atoms with Gasteiger partial charge in [0.25, 0.3) is 0 Å². The quantitative estimate of drug-likeness (QED) is 0.912. The Bertz CT molecular complexity index is 636. The van der Waals surface area contributed by atoms with Gasteiger partial charge in [-0.15, -0.1) is 0 Å². The molecule has 1 aromatic heterocycles. The van der Waals surface area contributed by atoms with Crippen molar-refractivity contribution in [3.8, 4) is 0 Å². The zero-order chi connectivity index (χ0) is 14.7. The van der Waals surface area contributed by atoms with Crippen molar-refractivity contribution in [3.05, 3.63) is 47.1 Å². The Morgan fingerprint density at radius 3 is 3.10 bits per heavy atom. The van der Waals surface area contributed by atoms with Crippen molar-refractivity contribution in [2.75, 3.05) is 6.54 Å². The minimum atomic E-state index is -0.0184. The number of nitrogens with one attached hydrogen (secondary N) is 1. The molecule has 1 N–H and O–H groups in total. The van der Waals surface area contributed by atoms with E-state index < -0.39 is 0 Å². The third-order valence-electron chi connectivity index (χ3n) is 3.91. The number of fused-ring (bicyclic) bond motifs is 1. The summed E-state index contributed by atoms with van der Waals surface area (Å²) in [6, 6.07) is 8.18. The van der Waals surface area contributed by atoms with Gasteiger partial charge in [-0.2, -0.15) is 4.98 Å². The SMILES string of the molecule is CCc1noc(CCNC(=O)C2CCc3ccccc32)n1. The van der Waals surface area contributed by atoms with Crippen molar-refractivity contribution in [1.29, 1.82) is 0 Å². The van der Waals surface area contributed by atoms with Crippen LogP contribution in [0.3, 0.4) is 0 Å². The topological polar surface area (TPSA) is 68.0 Å². The molecule has 1 unspecified atom stereocenters. The fourth-order valence-electron chi connectivity index (χ4n) is 2.78. The van der Waals surface area contributed by atoms with Crippen molar-refractivity contribution in [2.45, 2.75) is 38.5 Å². The molecule has 0 aliphatic heterocycles. The second-order valence-electron chi connectivity index (χ2n) is 5.29. The molecular weight excluding hydrogens is 266 g/mol. The third kappa shape index (κ3) is 2.96. The zero-order valence-electron chi connectivity index (χ0n) is 12.1. The molecule has 1 aromatic carbocycles. The smallest absolute Gasteiger partial charge is 0.228 e. The first kappa shape index (κ1) is 13.8. The molecule has 1 heterocycles. The summed E-state index contributed by atoms with van der Waals surface area (Å²) in [4.78, 5) is 16.5. The van der Waals surface area contributed by atoms with Crippen LogP contribution in [0.4, 0.5) is 0 Å². The number of nitrogens with zero attached hydrogens (tertiary/aromatic N) is 2. The summed E-state index contributed by atoms with van der Waals surface area (Å²) < 4.78 is 5.11. The molecule has 1 aliphatic carbocycles. The Morgan fingerprint density at radius 2 is 2.29 bits per heavy atom. The minimum absolute atomic E-state index is 0.0184. The summed E-state index contributed by atoms with van der Waals surface area (Å²) in [7, 11) is 0. The lowest BCUT2D eigenvalue weighted by molar-refractivity contribution is -0.122. The molecule has 110 valence electrons. The molecule has 21 heavy (non-hydrogen) atoms. The van der Waals surface area contributed by atoms with Crippen LogP contribution in [-0.2, 0) is 24.1 Å². The number of amides is 1. The average Bonchev–Trinajstić information content (AvgIpc) is 3.13. The number of aryl methyl sites for hydroxylation is 2. The predicted molar refractivity (Wildman–Crippen MR) is 77.9 cm³/mol. The van der Waals surface area contributed by atoms with Crippen LogP contribution in [0.2, 0.25) is 0 Å². The number of benzene rings is 1.